The lowest BCUT2D eigenvalue weighted by atomic mass is 9.82. The number of hydrogen-bond acceptors (Lipinski definition) is 5. The number of hydrogen-bond donors (Lipinski definition) is 2. The third-order valence-corrected chi connectivity index (χ3v) is 5.67. The molecular formula is C15H26ClN3O2. The van der Waals surface area contributed by atoms with E-state index in [2.05, 4.69) is 22.3 Å². The summed E-state index contributed by atoms with van der Waals surface area (Å²) in [4.78, 5) is 7.61. The molecular weight excluding hydrogens is 290 g/mol. The number of aliphatic hydroxyl groups is 1. The summed E-state index contributed by atoms with van der Waals surface area (Å²) >= 11 is 6.28. The molecule has 3 rings (SSSR count). The predicted molar refractivity (Wildman–Crippen MR) is 83.5 cm³/mol. The highest BCUT2D eigenvalue weighted by Crippen LogP contribution is 2.44. The number of nitrogens with zero attached hydrogens (tertiary/aromatic N) is 2. The molecule has 2 N–H and O–H groups in total. The van der Waals surface area contributed by atoms with Gasteiger partial charge in [-0.05, 0) is 44.2 Å². The van der Waals surface area contributed by atoms with Gasteiger partial charge in [-0.25, -0.2) is 0 Å². The normalized spacial score (nSPS) is 33.6. The molecule has 0 bridgehead atoms. The summed E-state index contributed by atoms with van der Waals surface area (Å²) in [7, 11) is 0. The van der Waals surface area contributed by atoms with Crippen molar-refractivity contribution in [2.45, 2.75) is 32.3 Å². The quantitative estimate of drug-likeness (QED) is 0.572. The van der Waals surface area contributed by atoms with Crippen molar-refractivity contribution in [1.29, 1.82) is 0 Å². The van der Waals surface area contributed by atoms with Crippen LogP contribution in [0.15, 0.2) is 5.16 Å². The van der Waals surface area contributed by atoms with Gasteiger partial charge in [-0.1, -0.05) is 23.7 Å². The Morgan fingerprint density at radius 3 is 2.76 bits per heavy atom. The minimum absolute atomic E-state index is 0.0893. The van der Waals surface area contributed by atoms with Crippen LogP contribution in [0, 0.1) is 17.3 Å². The van der Waals surface area contributed by atoms with Crippen LogP contribution in [0.25, 0.3) is 0 Å². The molecule has 6 heteroatoms. The van der Waals surface area contributed by atoms with Crippen molar-refractivity contribution in [1.82, 2.24) is 10.2 Å². The molecule has 3 fully saturated rings. The molecule has 0 radical (unpaired) electrons. The van der Waals surface area contributed by atoms with Crippen LogP contribution < -0.4 is 5.32 Å². The number of β-amino-alcohol motifs (C(OH)–C–C–N with tert-alkyl or cyclic N) is 1. The Morgan fingerprint density at radius 1 is 1.43 bits per heavy atom. The molecule has 21 heavy (non-hydrogen) atoms. The van der Waals surface area contributed by atoms with Gasteiger partial charge in [0.1, 0.15) is 12.7 Å². The lowest BCUT2D eigenvalue weighted by molar-refractivity contribution is 0.0203. The minimum Gasteiger partial charge on any atom is -0.392 e. The van der Waals surface area contributed by atoms with E-state index in [-0.39, 0.29) is 12.0 Å². The molecule has 0 aromatic rings. The zero-order valence-corrected chi connectivity index (χ0v) is 13.5. The molecule has 2 saturated heterocycles. The standard InChI is InChI=1S/C15H26ClN3O2/c1-15(2-4-17-5-3-15)14(16)18-21-10-13(20)9-19-7-11-6-12(11)8-19/h11-13,17,20H,2-10H2,1H3/b18-14-. The van der Waals surface area contributed by atoms with E-state index in [1.165, 1.54) is 6.42 Å². The van der Waals surface area contributed by atoms with Gasteiger partial charge in [-0.15, -0.1) is 0 Å². The number of halogens is 1. The summed E-state index contributed by atoms with van der Waals surface area (Å²) in [6.45, 7) is 7.21. The Labute approximate surface area is 131 Å². The lowest BCUT2D eigenvalue weighted by Crippen LogP contribution is -2.38. The molecule has 2 heterocycles. The number of piperidine rings is 2. The summed E-state index contributed by atoms with van der Waals surface area (Å²) in [5.41, 5.74) is -0.0893. The van der Waals surface area contributed by atoms with E-state index >= 15 is 0 Å². The second kappa shape index (κ2) is 6.41. The molecule has 3 atom stereocenters. The maximum absolute atomic E-state index is 10.0. The summed E-state index contributed by atoms with van der Waals surface area (Å²) in [5.74, 6) is 1.79. The van der Waals surface area contributed by atoms with Crippen LogP contribution in [0.3, 0.4) is 0 Å². The van der Waals surface area contributed by atoms with Gasteiger partial charge in [-0.2, -0.15) is 0 Å². The van der Waals surface area contributed by atoms with E-state index < -0.39 is 6.10 Å². The Balaban J connectivity index is 1.38. The average molecular weight is 316 g/mol. The van der Waals surface area contributed by atoms with Crippen LogP contribution >= 0.6 is 11.6 Å². The molecule has 0 amide bonds. The van der Waals surface area contributed by atoms with E-state index in [0.717, 1.165) is 50.9 Å². The molecule has 3 aliphatic rings. The molecule has 120 valence electrons. The highest BCUT2D eigenvalue weighted by molar-refractivity contribution is 6.66. The summed E-state index contributed by atoms with van der Waals surface area (Å²) in [6.07, 6.45) is 2.84. The van der Waals surface area contributed by atoms with E-state index in [1.807, 2.05) is 0 Å². The Morgan fingerprint density at radius 2 is 2.10 bits per heavy atom. The van der Waals surface area contributed by atoms with Gasteiger partial charge >= 0.3 is 0 Å². The summed E-state index contributed by atoms with van der Waals surface area (Å²) in [6, 6.07) is 0. The van der Waals surface area contributed by atoms with Gasteiger partial charge in [0.25, 0.3) is 0 Å². The molecule has 0 spiro atoms. The van der Waals surface area contributed by atoms with E-state index in [9.17, 15) is 5.11 Å². The van der Waals surface area contributed by atoms with Crippen molar-refractivity contribution in [3.63, 3.8) is 0 Å². The van der Waals surface area contributed by atoms with Crippen molar-refractivity contribution in [3.8, 4) is 0 Å². The van der Waals surface area contributed by atoms with Crippen LogP contribution in [-0.2, 0) is 4.84 Å². The van der Waals surface area contributed by atoms with Crippen LogP contribution in [-0.4, -0.2) is 60.6 Å². The predicted octanol–water partition coefficient (Wildman–Crippen LogP) is 1.26. The van der Waals surface area contributed by atoms with Gasteiger partial charge in [0.2, 0.25) is 0 Å². The largest absolute Gasteiger partial charge is 0.392 e. The number of aliphatic hydroxyl groups excluding tert-OH is 1. The molecule has 5 nitrogen and oxygen atoms in total. The molecule has 0 aromatic heterocycles. The number of rotatable bonds is 6. The Kier molecular flexibility index (Phi) is 4.74. The number of fused-ring (bicyclic) bond motifs is 1. The van der Waals surface area contributed by atoms with Crippen LogP contribution in [0.4, 0.5) is 0 Å². The van der Waals surface area contributed by atoms with E-state index in [4.69, 9.17) is 16.4 Å². The Hall–Kier alpha value is -0.360. The highest BCUT2D eigenvalue weighted by atomic mass is 35.5. The molecule has 3 unspecified atom stereocenters. The third-order valence-electron chi connectivity index (χ3n) is 5.14. The number of nitrogens with one attached hydrogen (secondary N) is 1. The Bertz CT molecular complexity index is 388. The van der Waals surface area contributed by atoms with Crippen molar-refractivity contribution in [2.24, 2.45) is 22.4 Å². The summed E-state index contributed by atoms with van der Waals surface area (Å²) in [5, 5.41) is 17.9. The fraction of sp³-hybridized carbons (Fsp3) is 0.933. The van der Waals surface area contributed by atoms with Crippen LogP contribution in [0.1, 0.15) is 26.2 Å². The SMILES string of the molecule is CC1(/C(Cl)=N/OCC(O)CN2CC3CC3C2)CCNCC1. The van der Waals surface area contributed by atoms with E-state index in [1.54, 1.807) is 0 Å². The molecule has 1 aliphatic carbocycles. The monoisotopic (exact) mass is 315 g/mol. The van der Waals surface area contributed by atoms with Crippen molar-refractivity contribution in [3.05, 3.63) is 0 Å². The first kappa shape index (κ1) is 15.5. The zero-order chi connectivity index (χ0) is 14.9. The second-order valence-electron chi connectivity index (χ2n) is 7.12. The van der Waals surface area contributed by atoms with Gasteiger partial charge < -0.3 is 20.2 Å². The third kappa shape index (κ3) is 3.89. The first-order chi connectivity index (χ1) is 10.1. The van der Waals surface area contributed by atoms with Gasteiger partial charge in [0, 0.05) is 25.0 Å². The maximum atomic E-state index is 10.0. The molecule has 1 saturated carbocycles. The van der Waals surface area contributed by atoms with Gasteiger partial charge in [-0.3, -0.25) is 0 Å². The number of likely N-dealkylation sites (tertiary alicyclic amines) is 1. The topological polar surface area (TPSA) is 57.1 Å². The van der Waals surface area contributed by atoms with Crippen molar-refractivity contribution >= 4 is 16.8 Å². The smallest absolute Gasteiger partial charge is 0.151 e. The first-order valence-corrected chi connectivity index (χ1v) is 8.42. The zero-order valence-electron chi connectivity index (χ0n) is 12.7. The van der Waals surface area contributed by atoms with E-state index in [0.29, 0.717) is 11.7 Å². The summed E-state index contributed by atoms with van der Waals surface area (Å²) < 4.78 is 0. The van der Waals surface area contributed by atoms with Crippen LogP contribution in [0.5, 0.6) is 0 Å². The lowest BCUT2D eigenvalue weighted by Gasteiger charge is -2.32. The molecule has 2 aliphatic heterocycles. The minimum atomic E-state index is -0.489. The van der Waals surface area contributed by atoms with Gasteiger partial charge in [0.05, 0.1) is 0 Å². The average Bonchev–Trinajstić information content (AvgIpc) is 3.06. The van der Waals surface area contributed by atoms with Crippen LogP contribution in [0.2, 0.25) is 0 Å². The molecule has 0 aromatic carbocycles. The highest BCUT2D eigenvalue weighted by Gasteiger charge is 2.45. The first-order valence-electron chi connectivity index (χ1n) is 8.04. The maximum Gasteiger partial charge on any atom is 0.151 e. The van der Waals surface area contributed by atoms with Gasteiger partial charge in [0.15, 0.2) is 5.17 Å². The second-order valence-corrected chi connectivity index (χ2v) is 7.47. The number of oxime groups is 1. The van der Waals surface area contributed by atoms with Crippen molar-refractivity contribution in [2.75, 3.05) is 39.3 Å². The van der Waals surface area contributed by atoms with Crippen molar-refractivity contribution < 1.29 is 9.94 Å². The fourth-order valence-electron chi connectivity index (χ4n) is 3.47. The fourth-order valence-corrected chi connectivity index (χ4v) is 3.71.